The Morgan fingerprint density at radius 1 is 1.44 bits per heavy atom. The van der Waals surface area contributed by atoms with Gasteiger partial charge in [-0.2, -0.15) is 0 Å². The zero-order chi connectivity index (χ0) is 12.0. The molecule has 2 unspecified atom stereocenters. The summed E-state index contributed by atoms with van der Waals surface area (Å²) in [7, 11) is 0. The fourth-order valence-electron chi connectivity index (χ4n) is 1.52. The van der Waals surface area contributed by atoms with E-state index in [0.717, 1.165) is 17.0 Å². The molecule has 0 spiro atoms. The fourth-order valence-corrected chi connectivity index (χ4v) is 3.12. The maximum atomic E-state index is 8.88. The van der Waals surface area contributed by atoms with E-state index in [4.69, 9.17) is 22.4 Å². The van der Waals surface area contributed by atoms with Gasteiger partial charge < -0.3 is 10.8 Å². The smallest absolute Gasteiger partial charge is 0.0449 e. The second-order valence-corrected chi connectivity index (χ2v) is 5.76. The van der Waals surface area contributed by atoms with Gasteiger partial charge in [-0.25, -0.2) is 0 Å². The summed E-state index contributed by atoms with van der Waals surface area (Å²) in [6.07, 6.45) is 0.783. The summed E-state index contributed by atoms with van der Waals surface area (Å²) in [5.74, 6) is 0. The van der Waals surface area contributed by atoms with Crippen molar-refractivity contribution in [3.05, 3.63) is 34.9 Å². The van der Waals surface area contributed by atoms with Crippen LogP contribution in [0, 0.1) is 0 Å². The van der Waals surface area contributed by atoms with Crippen LogP contribution < -0.4 is 5.73 Å². The maximum Gasteiger partial charge on any atom is 0.0449 e. The summed E-state index contributed by atoms with van der Waals surface area (Å²) in [6.45, 7) is 2.87. The lowest BCUT2D eigenvalue weighted by molar-refractivity contribution is 0.289. The summed E-state index contributed by atoms with van der Waals surface area (Å²) >= 11 is 7.91. The van der Waals surface area contributed by atoms with E-state index in [1.165, 1.54) is 0 Å². The van der Waals surface area contributed by atoms with E-state index in [1.807, 2.05) is 24.3 Å². The summed E-state index contributed by atoms with van der Waals surface area (Å²) < 4.78 is 0. The largest absolute Gasteiger partial charge is 0.396 e. The van der Waals surface area contributed by atoms with Gasteiger partial charge in [0, 0.05) is 28.7 Å². The number of aliphatic hydroxyl groups is 1. The molecule has 0 aliphatic carbocycles. The van der Waals surface area contributed by atoms with Crippen molar-refractivity contribution in [2.45, 2.75) is 23.8 Å². The highest BCUT2D eigenvalue weighted by molar-refractivity contribution is 8.00. The molecule has 3 N–H and O–H groups in total. The van der Waals surface area contributed by atoms with Crippen molar-refractivity contribution in [1.82, 2.24) is 0 Å². The maximum absolute atomic E-state index is 8.88. The Kier molecular flexibility index (Phi) is 6.21. The molecule has 2 nitrogen and oxygen atoms in total. The van der Waals surface area contributed by atoms with E-state index in [1.54, 1.807) is 11.8 Å². The van der Waals surface area contributed by atoms with Crippen molar-refractivity contribution in [3.63, 3.8) is 0 Å². The monoisotopic (exact) mass is 259 g/mol. The van der Waals surface area contributed by atoms with Crippen LogP contribution in [-0.2, 0) is 0 Å². The highest BCUT2D eigenvalue weighted by Crippen LogP contribution is 2.35. The Balaban J connectivity index is 2.71. The molecule has 0 aliphatic rings. The van der Waals surface area contributed by atoms with Gasteiger partial charge in [0.25, 0.3) is 0 Å². The molecule has 0 aromatic heterocycles. The molecule has 90 valence electrons. The number of nitrogens with two attached hydrogens (primary N) is 1. The molecule has 2 atom stereocenters. The predicted octanol–water partition coefficient (Wildman–Crippen LogP) is 2.84. The highest BCUT2D eigenvalue weighted by Gasteiger charge is 2.16. The third kappa shape index (κ3) is 3.98. The van der Waals surface area contributed by atoms with Gasteiger partial charge in [0.15, 0.2) is 0 Å². The van der Waals surface area contributed by atoms with Crippen LogP contribution in [0.4, 0.5) is 0 Å². The molecule has 0 heterocycles. The third-order valence-corrected chi connectivity index (χ3v) is 4.22. The van der Waals surface area contributed by atoms with Crippen molar-refractivity contribution in [2.24, 2.45) is 5.73 Å². The van der Waals surface area contributed by atoms with E-state index in [-0.39, 0.29) is 11.9 Å². The number of thioether (sulfide) groups is 1. The molecule has 1 rings (SSSR count). The minimum atomic E-state index is 0.204. The molecule has 0 bridgehead atoms. The van der Waals surface area contributed by atoms with Crippen LogP contribution in [0.15, 0.2) is 24.3 Å². The summed E-state index contributed by atoms with van der Waals surface area (Å²) in [4.78, 5) is 0. The van der Waals surface area contributed by atoms with Crippen molar-refractivity contribution in [3.8, 4) is 0 Å². The van der Waals surface area contributed by atoms with Crippen LogP contribution in [0.3, 0.4) is 0 Å². The van der Waals surface area contributed by atoms with E-state index in [9.17, 15) is 0 Å². The number of rotatable bonds is 6. The fraction of sp³-hybridized carbons (Fsp3) is 0.500. The van der Waals surface area contributed by atoms with Gasteiger partial charge in [0.2, 0.25) is 0 Å². The molecule has 16 heavy (non-hydrogen) atoms. The molecular formula is C12H18ClNOS. The van der Waals surface area contributed by atoms with Crippen molar-refractivity contribution in [1.29, 1.82) is 0 Å². The summed E-state index contributed by atoms with van der Waals surface area (Å²) in [5, 5.41) is 10.2. The lowest BCUT2D eigenvalue weighted by Crippen LogP contribution is -2.13. The lowest BCUT2D eigenvalue weighted by atomic mass is 10.1. The quantitative estimate of drug-likeness (QED) is 0.826. The van der Waals surface area contributed by atoms with E-state index < -0.39 is 0 Å². The highest BCUT2D eigenvalue weighted by atomic mass is 35.5. The number of benzene rings is 1. The second-order valence-electron chi connectivity index (χ2n) is 3.70. The van der Waals surface area contributed by atoms with Crippen LogP contribution in [0.2, 0.25) is 5.02 Å². The van der Waals surface area contributed by atoms with Gasteiger partial charge in [-0.3, -0.25) is 0 Å². The normalized spacial score (nSPS) is 14.8. The van der Waals surface area contributed by atoms with Crippen LogP contribution in [-0.4, -0.2) is 23.5 Å². The Morgan fingerprint density at radius 2 is 2.12 bits per heavy atom. The van der Waals surface area contributed by atoms with Crippen molar-refractivity contribution < 1.29 is 5.11 Å². The summed E-state index contributed by atoms with van der Waals surface area (Å²) in [5.41, 5.74) is 6.86. The van der Waals surface area contributed by atoms with Gasteiger partial charge >= 0.3 is 0 Å². The molecule has 0 saturated heterocycles. The molecule has 1 aromatic carbocycles. The number of aliphatic hydroxyl groups excluding tert-OH is 1. The average molecular weight is 260 g/mol. The Hall–Kier alpha value is -0.220. The SMILES string of the molecule is CC(CCO)SC(CN)c1ccccc1Cl. The van der Waals surface area contributed by atoms with Gasteiger partial charge in [-0.15, -0.1) is 11.8 Å². The first kappa shape index (κ1) is 13.8. The van der Waals surface area contributed by atoms with Gasteiger partial charge in [-0.05, 0) is 18.1 Å². The predicted molar refractivity (Wildman–Crippen MR) is 72.0 cm³/mol. The molecular weight excluding hydrogens is 242 g/mol. The van der Waals surface area contributed by atoms with Crippen molar-refractivity contribution in [2.75, 3.05) is 13.2 Å². The number of hydrogen-bond acceptors (Lipinski definition) is 3. The first-order valence-electron chi connectivity index (χ1n) is 5.39. The van der Waals surface area contributed by atoms with Gasteiger partial charge in [-0.1, -0.05) is 36.7 Å². The molecule has 0 radical (unpaired) electrons. The molecule has 0 fully saturated rings. The van der Waals surface area contributed by atoms with Crippen molar-refractivity contribution >= 4 is 23.4 Å². The van der Waals surface area contributed by atoms with Crippen LogP contribution in [0.1, 0.15) is 24.2 Å². The standard InChI is InChI=1S/C12H18ClNOS/c1-9(6-7-15)16-12(8-14)10-4-2-3-5-11(10)13/h2-5,9,12,15H,6-8,14H2,1H3. The minimum absolute atomic E-state index is 0.204. The van der Waals surface area contributed by atoms with E-state index in [0.29, 0.717) is 11.8 Å². The zero-order valence-corrected chi connectivity index (χ0v) is 11.0. The van der Waals surface area contributed by atoms with Gasteiger partial charge in [0.1, 0.15) is 0 Å². The van der Waals surface area contributed by atoms with E-state index >= 15 is 0 Å². The zero-order valence-electron chi connectivity index (χ0n) is 9.40. The Bertz CT molecular complexity index is 322. The first-order valence-corrected chi connectivity index (χ1v) is 6.72. The van der Waals surface area contributed by atoms with Crippen LogP contribution in [0.25, 0.3) is 0 Å². The Morgan fingerprint density at radius 3 is 2.69 bits per heavy atom. The first-order chi connectivity index (χ1) is 7.69. The molecule has 0 saturated carbocycles. The van der Waals surface area contributed by atoms with E-state index in [2.05, 4.69) is 6.92 Å². The molecule has 1 aromatic rings. The average Bonchev–Trinajstić information content (AvgIpc) is 2.27. The summed E-state index contributed by atoms with van der Waals surface area (Å²) in [6, 6.07) is 7.79. The lowest BCUT2D eigenvalue weighted by Gasteiger charge is -2.20. The van der Waals surface area contributed by atoms with Crippen LogP contribution in [0.5, 0.6) is 0 Å². The Labute approximate surface area is 106 Å². The molecule has 0 amide bonds. The molecule has 4 heteroatoms. The topological polar surface area (TPSA) is 46.2 Å². The minimum Gasteiger partial charge on any atom is -0.396 e. The van der Waals surface area contributed by atoms with Gasteiger partial charge in [0.05, 0.1) is 0 Å². The number of hydrogen-bond donors (Lipinski definition) is 2. The van der Waals surface area contributed by atoms with Crippen LogP contribution >= 0.6 is 23.4 Å². The second kappa shape index (κ2) is 7.17. The third-order valence-electron chi connectivity index (χ3n) is 2.40. The molecule has 0 aliphatic heterocycles. The number of halogens is 1.